The lowest BCUT2D eigenvalue weighted by molar-refractivity contribution is 1.10. The van der Waals surface area contributed by atoms with E-state index in [1.54, 1.807) is 0 Å². The Labute approximate surface area is 63.2 Å². The molecule has 0 aliphatic rings. The van der Waals surface area contributed by atoms with E-state index in [4.69, 9.17) is 16.9 Å². The van der Waals surface area contributed by atoms with Crippen LogP contribution in [-0.4, -0.2) is 5.84 Å². The largest absolute Gasteiger partial charge is 0.384 e. The molecule has 54 valence electrons. The molecule has 0 spiro atoms. The molecule has 0 radical (unpaired) electrons. The van der Waals surface area contributed by atoms with E-state index in [1.807, 2.05) is 11.4 Å². The summed E-state index contributed by atoms with van der Waals surface area (Å²) in [4.78, 5) is 0.979. The van der Waals surface area contributed by atoms with Gasteiger partial charge < -0.3 is 11.5 Å². The van der Waals surface area contributed by atoms with E-state index in [-0.39, 0.29) is 5.84 Å². The van der Waals surface area contributed by atoms with Gasteiger partial charge in [0.25, 0.3) is 0 Å². The fraction of sp³-hybridized carbons (Fsp3) is 0.167. The Bertz CT molecular complexity index is 241. The van der Waals surface area contributed by atoms with E-state index < -0.39 is 0 Å². The SMILES string of the molecule is N=C(N)c1ccsc1CN. The van der Waals surface area contributed by atoms with Crippen molar-refractivity contribution in [3.05, 3.63) is 21.9 Å². The van der Waals surface area contributed by atoms with E-state index in [1.165, 1.54) is 11.3 Å². The maximum absolute atomic E-state index is 7.13. The van der Waals surface area contributed by atoms with Gasteiger partial charge >= 0.3 is 0 Å². The summed E-state index contributed by atoms with van der Waals surface area (Å²) in [6.07, 6.45) is 0. The number of thiophene rings is 1. The number of nitrogen functional groups attached to an aromatic ring is 1. The highest BCUT2D eigenvalue weighted by Crippen LogP contribution is 2.14. The molecule has 0 saturated carbocycles. The molecule has 0 aliphatic heterocycles. The molecular weight excluding hydrogens is 146 g/mol. The number of nitrogens with one attached hydrogen (secondary N) is 1. The molecule has 10 heavy (non-hydrogen) atoms. The maximum Gasteiger partial charge on any atom is 0.123 e. The van der Waals surface area contributed by atoms with Crippen LogP contribution in [0, 0.1) is 5.41 Å². The van der Waals surface area contributed by atoms with Crippen molar-refractivity contribution in [2.75, 3.05) is 0 Å². The van der Waals surface area contributed by atoms with Crippen LogP contribution in [0.15, 0.2) is 11.4 Å². The first-order valence-corrected chi connectivity index (χ1v) is 3.74. The van der Waals surface area contributed by atoms with E-state index in [2.05, 4.69) is 0 Å². The van der Waals surface area contributed by atoms with Crippen LogP contribution in [0.25, 0.3) is 0 Å². The van der Waals surface area contributed by atoms with E-state index in [9.17, 15) is 0 Å². The standard InChI is InChI=1S/C6H9N3S/c7-3-5-4(6(8)9)1-2-10-5/h1-2H,3,7H2,(H3,8,9). The van der Waals surface area contributed by atoms with Crippen LogP contribution in [0.5, 0.6) is 0 Å². The lowest BCUT2D eigenvalue weighted by Crippen LogP contribution is -2.13. The number of amidine groups is 1. The molecule has 5 N–H and O–H groups in total. The molecule has 1 aromatic heterocycles. The minimum Gasteiger partial charge on any atom is -0.384 e. The second-order valence-corrected chi connectivity index (χ2v) is 2.88. The highest BCUT2D eigenvalue weighted by Gasteiger charge is 2.03. The van der Waals surface area contributed by atoms with Gasteiger partial charge in [-0.25, -0.2) is 0 Å². The van der Waals surface area contributed by atoms with E-state index in [0.717, 1.165) is 10.4 Å². The molecule has 0 aliphatic carbocycles. The van der Waals surface area contributed by atoms with Crippen molar-refractivity contribution in [3.63, 3.8) is 0 Å². The third-order valence-corrected chi connectivity index (χ3v) is 2.16. The molecule has 0 atom stereocenters. The van der Waals surface area contributed by atoms with Crippen LogP contribution in [0.3, 0.4) is 0 Å². The van der Waals surface area contributed by atoms with Gasteiger partial charge in [0.2, 0.25) is 0 Å². The average Bonchev–Trinajstić information content (AvgIpc) is 2.33. The Kier molecular flexibility index (Phi) is 2.03. The van der Waals surface area contributed by atoms with Crippen LogP contribution < -0.4 is 11.5 Å². The van der Waals surface area contributed by atoms with Crippen molar-refractivity contribution in [3.8, 4) is 0 Å². The molecule has 4 heteroatoms. The Morgan fingerprint density at radius 2 is 2.40 bits per heavy atom. The summed E-state index contributed by atoms with van der Waals surface area (Å²) in [6.45, 7) is 0.465. The highest BCUT2D eigenvalue weighted by atomic mass is 32.1. The summed E-state index contributed by atoms with van der Waals surface area (Å²) in [7, 11) is 0. The predicted molar refractivity (Wildman–Crippen MR) is 43.2 cm³/mol. The lowest BCUT2D eigenvalue weighted by Gasteiger charge is -1.95. The fourth-order valence-corrected chi connectivity index (χ4v) is 1.51. The molecule has 0 amide bonds. The molecule has 1 aromatic rings. The topological polar surface area (TPSA) is 75.9 Å². The lowest BCUT2D eigenvalue weighted by atomic mass is 10.2. The Hall–Kier alpha value is -0.870. The van der Waals surface area contributed by atoms with Crippen LogP contribution in [-0.2, 0) is 6.54 Å². The third kappa shape index (κ3) is 1.17. The Morgan fingerprint density at radius 3 is 2.80 bits per heavy atom. The second-order valence-electron chi connectivity index (χ2n) is 1.88. The molecule has 1 rings (SSSR count). The summed E-state index contributed by atoms with van der Waals surface area (Å²) in [5.41, 5.74) is 11.4. The molecule has 0 bridgehead atoms. The Balaban J connectivity index is 3.01. The van der Waals surface area contributed by atoms with Gasteiger partial charge in [0, 0.05) is 17.0 Å². The Morgan fingerprint density at radius 1 is 1.70 bits per heavy atom. The van der Waals surface area contributed by atoms with Gasteiger partial charge in [0.05, 0.1) is 0 Å². The summed E-state index contributed by atoms with van der Waals surface area (Å²) >= 11 is 1.53. The molecule has 0 fully saturated rings. The van der Waals surface area contributed by atoms with Crippen molar-refractivity contribution in [1.29, 1.82) is 5.41 Å². The summed E-state index contributed by atoms with van der Waals surface area (Å²) in [5, 5.41) is 9.01. The number of nitrogens with two attached hydrogens (primary N) is 2. The van der Waals surface area contributed by atoms with Crippen LogP contribution in [0.2, 0.25) is 0 Å². The predicted octanol–water partition coefficient (Wildman–Crippen LogP) is 0.491. The second kappa shape index (κ2) is 2.81. The van der Waals surface area contributed by atoms with Gasteiger partial charge in [-0.05, 0) is 11.4 Å². The maximum atomic E-state index is 7.13. The molecule has 3 nitrogen and oxygen atoms in total. The van der Waals surface area contributed by atoms with Crippen molar-refractivity contribution < 1.29 is 0 Å². The quantitative estimate of drug-likeness (QED) is 0.429. The minimum atomic E-state index is 0.0988. The molecule has 0 unspecified atom stereocenters. The summed E-state index contributed by atoms with van der Waals surface area (Å²) in [6, 6.07) is 1.81. The normalized spacial score (nSPS) is 9.70. The molecular formula is C6H9N3S. The molecule has 1 heterocycles. The van der Waals surface area contributed by atoms with Gasteiger partial charge in [-0.3, -0.25) is 5.41 Å². The first-order chi connectivity index (χ1) is 4.75. The summed E-state index contributed by atoms with van der Waals surface area (Å²) in [5.74, 6) is 0.0988. The van der Waals surface area contributed by atoms with Gasteiger partial charge in [0.15, 0.2) is 0 Å². The average molecular weight is 155 g/mol. The van der Waals surface area contributed by atoms with Gasteiger partial charge in [-0.15, -0.1) is 11.3 Å². The highest BCUT2D eigenvalue weighted by molar-refractivity contribution is 7.10. The smallest absolute Gasteiger partial charge is 0.123 e. The zero-order valence-electron chi connectivity index (χ0n) is 5.42. The van der Waals surface area contributed by atoms with Crippen molar-refractivity contribution in [2.24, 2.45) is 11.5 Å². The monoisotopic (exact) mass is 155 g/mol. The third-order valence-electron chi connectivity index (χ3n) is 1.22. The first kappa shape index (κ1) is 7.24. The zero-order chi connectivity index (χ0) is 7.56. The minimum absolute atomic E-state index is 0.0988. The molecule has 0 aromatic carbocycles. The molecule has 0 saturated heterocycles. The van der Waals surface area contributed by atoms with Crippen molar-refractivity contribution in [1.82, 2.24) is 0 Å². The van der Waals surface area contributed by atoms with E-state index in [0.29, 0.717) is 6.54 Å². The van der Waals surface area contributed by atoms with Gasteiger partial charge in [0.1, 0.15) is 5.84 Å². The van der Waals surface area contributed by atoms with Crippen molar-refractivity contribution in [2.45, 2.75) is 6.54 Å². The first-order valence-electron chi connectivity index (χ1n) is 2.86. The zero-order valence-corrected chi connectivity index (χ0v) is 6.24. The van der Waals surface area contributed by atoms with Crippen LogP contribution in [0.4, 0.5) is 0 Å². The van der Waals surface area contributed by atoms with Gasteiger partial charge in [-0.2, -0.15) is 0 Å². The van der Waals surface area contributed by atoms with Crippen LogP contribution in [0.1, 0.15) is 10.4 Å². The number of hydrogen-bond donors (Lipinski definition) is 3. The summed E-state index contributed by atoms with van der Waals surface area (Å²) < 4.78 is 0. The van der Waals surface area contributed by atoms with Gasteiger partial charge in [-0.1, -0.05) is 0 Å². The van der Waals surface area contributed by atoms with E-state index >= 15 is 0 Å². The number of rotatable bonds is 2. The van der Waals surface area contributed by atoms with Crippen LogP contribution >= 0.6 is 11.3 Å². The number of hydrogen-bond acceptors (Lipinski definition) is 3. The van der Waals surface area contributed by atoms with Crippen molar-refractivity contribution >= 4 is 17.2 Å². The fourth-order valence-electron chi connectivity index (χ4n) is 0.739.